The third kappa shape index (κ3) is 4.93. The fraction of sp³-hybridized carbons (Fsp3) is 0.286. The molecule has 2 aromatic rings. The summed E-state index contributed by atoms with van der Waals surface area (Å²) in [6, 6.07) is 14.8. The molecule has 0 aliphatic rings. The highest BCUT2D eigenvalue weighted by atomic mass is 16.4. The van der Waals surface area contributed by atoms with Crippen LogP contribution in [0.4, 0.5) is 0 Å². The lowest BCUT2D eigenvalue weighted by atomic mass is 9.86. The van der Waals surface area contributed by atoms with Gasteiger partial charge in [-0.2, -0.15) is 5.26 Å². The van der Waals surface area contributed by atoms with Gasteiger partial charge in [0.05, 0.1) is 11.6 Å². The monoisotopic (exact) mass is 350 g/mol. The van der Waals surface area contributed by atoms with Crippen LogP contribution in [0.15, 0.2) is 48.5 Å². The van der Waals surface area contributed by atoms with Crippen molar-refractivity contribution in [3.63, 3.8) is 0 Å². The Balaban J connectivity index is 2.13. The summed E-state index contributed by atoms with van der Waals surface area (Å²) in [6.07, 6.45) is 0.108. The average molecular weight is 350 g/mol. The Morgan fingerprint density at radius 2 is 1.81 bits per heavy atom. The molecule has 26 heavy (non-hydrogen) atoms. The standard InChI is InChI=1S/C21H22N2O3/c1-21(2,3)17-9-7-16(8-10-17)19(24)23-18(20(25)26)12-14-5-4-6-15(11-14)13-22/h4-11,18H,12H2,1-3H3,(H,23,24)(H,25,26)/t18-/m1/s1. The molecule has 0 unspecified atom stereocenters. The van der Waals surface area contributed by atoms with Crippen molar-refractivity contribution in [2.45, 2.75) is 38.6 Å². The topological polar surface area (TPSA) is 90.2 Å². The number of benzene rings is 2. The van der Waals surface area contributed by atoms with E-state index in [1.807, 2.05) is 18.2 Å². The molecular weight excluding hydrogens is 328 g/mol. The molecule has 0 saturated carbocycles. The van der Waals surface area contributed by atoms with Gasteiger partial charge in [-0.05, 0) is 40.8 Å². The third-order valence-corrected chi connectivity index (χ3v) is 4.11. The van der Waals surface area contributed by atoms with Gasteiger partial charge in [0.1, 0.15) is 6.04 Å². The molecule has 0 aliphatic carbocycles. The van der Waals surface area contributed by atoms with E-state index in [-0.39, 0.29) is 11.8 Å². The maximum atomic E-state index is 12.4. The molecule has 134 valence electrons. The third-order valence-electron chi connectivity index (χ3n) is 4.11. The number of amides is 1. The Labute approximate surface area is 153 Å². The van der Waals surface area contributed by atoms with E-state index in [9.17, 15) is 14.7 Å². The van der Waals surface area contributed by atoms with Gasteiger partial charge in [-0.25, -0.2) is 4.79 Å². The Morgan fingerprint density at radius 1 is 1.15 bits per heavy atom. The van der Waals surface area contributed by atoms with Crippen LogP contribution in [0.1, 0.15) is 47.8 Å². The van der Waals surface area contributed by atoms with Gasteiger partial charge >= 0.3 is 5.97 Å². The summed E-state index contributed by atoms with van der Waals surface area (Å²) in [5.41, 5.74) is 2.62. The Bertz CT molecular complexity index is 843. The predicted molar refractivity (Wildman–Crippen MR) is 98.9 cm³/mol. The number of carbonyl (C=O) groups is 2. The first kappa shape index (κ1) is 19.2. The second-order valence-electron chi connectivity index (χ2n) is 7.21. The Kier molecular flexibility index (Phi) is 5.78. The summed E-state index contributed by atoms with van der Waals surface area (Å²) in [6.45, 7) is 6.24. The second-order valence-corrected chi connectivity index (χ2v) is 7.21. The van der Waals surface area contributed by atoms with Crippen molar-refractivity contribution in [2.75, 3.05) is 0 Å². The minimum atomic E-state index is -1.12. The molecule has 5 nitrogen and oxygen atoms in total. The normalized spacial score (nSPS) is 12.1. The van der Waals surface area contributed by atoms with Gasteiger partial charge in [0.15, 0.2) is 0 Å². The van der Waals surface area contributed by atoms with E-state index >= 15 is 0 Å². The van der Waals surface area contributed by atoms with Gasteiger partial charge in [-0.3, -0.25) is 4.79 Å². The zero-order valence-corrected chi connectivity index (χ0v) is 15.1. The summed E-state index contributed by atoms with van der Waals surface area (Å²) in [5.74, 6) is -1.55. The first-order valence-corrected chi connectivity index (χ1v) is 8.34. The molecule has 2 rings (SSSR count). The molecule has 0 aliphatic heterocycles. The van der Waals surface area contributed by atoms with Gasteiger partial charge in [-0.1, -0.05) is 45.0 Å². The van der Waals surface area contributed by atoms with Crippen molar-refractivity contribution in [1.29, 1.82) is 5.26 Å². The summed E-state index contributed by atoms with van der Waals surface area (Å²) in [7, 11) is 0. The van der Waals surface area contributed by atoms with Crippen molar-refractivity contribution < 1.29 is 14.7 Å². The van der Waals surface area contributed by atoms with E-state index in [1.165, 1.54) is 0 Å². The summed E-state index contributed by atoms with van der Waals surface area (Å²) in [4.78, 5) is 23.9. The maximum Gasteiger partial charge on any atom is 0.326 e. The highest BCUT2D eigenvalue weighted by Gasteiger charge is 2.22. The molecule has 0 saturated heterocycles. The number of nitrogens with one attached hydrogen (secondary N) is 1. The van der Waals surface area contributed by atoms with Gasteiger partial charge in [0.2, 0.25) is 0 Å². The lowest BCUT2D eigenvalue weighted by Gasteiger charge is -2.19. The molecule has 0 fully saturated rings. The van der Waals surface area contributed by atoms with E-state index in [0.29, 0.717) is 16.7 Å². The zero-order chi connectivity index (χ0) is 19.3. The molecule has 2 N–H and O–H groups in total. The van der Waals surface area contributed by atoms with Crippen LogP contribution in [0.2, 0.25) is 0 Å². The van der Waals surface area contributed by atoms with Gasteiger partial charge in [0, 0.05) is 12.0 Å². The van der Waals surface area contributed by atoms with Crippen LogP contribution >= 0.6 is 0 Å². The number of aliphatic carboxylic acids is 1. The summed E-state index contributed by atoms with van der Waals surface area (Å²) < 4.78 is 0. The minimum Gasteiger partial charge on any atom is -0.480 e. The van der Waals surface area contributed by atoms with Crippen molar-refractivity contribution >= 4 is 11.9 Å². The molecule has 2 aromatic carbocycles. The molecule has 0 spiro atoms. The SMILES string of the molecule is CC(C)(C)c1ccc(C(=O)N[C@H](Cc2cccc(C#N)c2)C(=O)O)cc1. The van der Waals surface area contributed by atoms with Gasteiger partial charge in [-0.15, -0.1) is 0 Å². The molecule has 0 aromatic heterocycles. The number of nitriles is 1. The van der Waals surface area contributed by atoms with Crippen molar-refractivity contribution in [3.8, 4) is 6.07 Å². The molecule has 1 atom stereocenters. The number of hydrogen-bond donors (Lipinski definition) is 2. The number of hydrogen-bond acceptors (Lipinski definition) is 3. The van der Waals surface area contributed by atoms with Crippen molar-refractivity contribution in [3.05, 3.63) is 70.8 Å². The summed E-state index contributed by atoms with van der Waals surface area (Å²) in [5, 5.41) is 20.9. The fourth-order valence-electron chi connectivity index (χ4n) is 2.57. The van der Waals surface area contributed by atoms with Gasteiger partial charge < -0.3 is 10.4 Å². The van der Waals surface area contributed by atoms with E-state index < -0.39 is 17.9 Å². The molecule has 0 bridgehead atoms. The largest absolute Gasteiger partial charge is 0.480 e. The molecular formula is C21H22N2O3. The lowest BCUT2D eigenvalue weighted by molar-refractivity contribution is -0.139. The van der Waals surface area contributed by atoms with E-state index in [1.54, 1.807) is 36.4 Å². The van der Waals surface area contributed by atoms with Crippen LogP contribution in [0.3, 0.4) is 0 Å². The maximum absolute atomic E-state index is 12.4. The Morgan fingerprint density at radius 3 is 2.35 bits per heavy atom. The second kappa shape index (κ2) is 7.83. The van der Waals surface area contributed by atoms with Crippen LogP contribution in [-0.2, 0) is 16.6 Å². The van der Waals surface area contributed by atoms with Crippen LogP contribution in [0.5, 0.6) is 0 Å². The molecule has 0 heterocycles. The van der Waals surface area contributed by atoms with Crippen molar-refractivity contribution in [1.82, 2.24) is 5.32 Å². The highest BCUT2D eigenvalue weighted by Crippen LogP contribution is 2.22. The fourth-order valence-corrected chi connectivity index (χ4v) is 2.57. The molecule has 5 heteroatoms. The van der Waals surface area contributed by atoms with Crippen LogP contribution in [0.25, 0.3) is 0 Å². The number of rotatable bonds is 5. The van der Waals surface area contributed by atoms with Crippen LogP contribution in [0, 0.1) is 11.3 Å². The smallest absolute Gasteiger partial charge is 0.326 e. The van der Waals surface area contributed by atoms with Gasteiger partial charge in [0.25, 0.3) is 5.91 Å². The number of carbonyl (C=O) groups excluding carboxylic acids is 1. The van der Waals surface area contributed by atoms with E-state index in [4.69, 9.17) is 5.26 Å². The van der Waals surface area contributed by atoms with E-state index in [0.717, 1.165) is 5.56 Å². The van der Waals surface area contributed by atoms with Crippen LogP contribution in [-0.4, -0.2) is 23.0 Å². The first-order valence-electron chi connectivity index (χ1n) is 8.34. The Hall–Kier alpha value is -3.13. The number of carboxylic acids is 1. The number of carboxylic acid groups (broad SMARTS) is 1. The quantitative estimate of drug-likeness (QED) is 0.866. The minimum absolute atomic E-state index is 0.0234. The molecule has 0 radical (unpaired) electrons. The number of nitrogens with zero attached hydrogens (tertiary/aromatic N) is 1. The predicted octanol–water partition coefficient (Wildman–Crippen LogP) is 3.28. The first-order chi connectivity index (χ1) is 12.2. The average Bonchev–Trinajstić information content (AvgIpc) is 2.60. The highest BCUT2D eigenvalue weighted by molar-refractivity contribution is 5.96. The summed E-state index contributed by atoms with van der Waals surface area (Å²) >= 11 is 0. The van der Waals surface area contributed by atoms with E-state index in [2.05, 4.69) is 26.1 Å². The van der Waals surface area contributed by atoms with Crippen molar-refractivity contribution in [2.24, 2.45) is 0 Å². The van der Waals surface area contributed by atoms with Crippen LogP contribution < -0.4 is 5.32 Å². The molecule has 1 amide bonds. The lowest BCUT2D eigenvalue weighted by Crippen LogP contribution is -2.42. The zero-order valence-electron chi connectivity index (χ0n) is 15.1.